The first-order valence-corrected chi connectivity index (χ1v) is 11.4. The van der Waals surface area contributed by atoms with Gasteiger partial charge in [-0.3, -0.25) is 19.9 Å². The Balaban J connectivity index is 1.51. The van der Waals surface area contributed by atoms with Gasteiger partial charge in [-0.25, -0.2) is 9.97 Å². The number of nitrogens with one attached hydrogen (secondary N) is 1. The first-order valence-electron chi connectivity index (χ1n) is 9.66. The lowest BCUT2D eigenvalue weighted by Crippen LogP contribution is -2.14. The molecule has 4 rings (SSSR count). The summed E-state index contributed by atoms with van der Waals surface area (Å²) in [6, 6.07) is 11.3. The van der Waals surface area contributed by atoms with Gasteiger partial charge in [0.25, 0.3) is 11.6 Å². The highest BCUT2D eigenvalue weighted by molar-refractivity contribution is 8.01. The van der Waals surface area contributed by atoms with Crippen LogP contribution in [0.5, 0.6) is 5.75 Å². The standard InChI is InChI=1S/C22H17N5O4S2/c1-14-13-32-22(25-14)33-19-5-4-16(11-17(19)27(29)30)21(28)26-20-18(3-2-8-24-20)31-12-15-6-9-23-10-7-15/h2-11,13H,12H2,1H3,(H,24,26,28). The molecule has 4 aromatic rings. The van der Waals surface area contributed by atoms with Crippen LogP contribution in [0.4, 0.5) is 11.5 Å². The zero-order chi connectivity index (χ0) is 23.2. The lowest BCUT2D eigenvalue weighted by Gasteiger charge is -2.12. The molecule has 1 N–H and O–H groups in total. The number of aromatic nitrogens is 3. The number of aryl methyl sites for hydroxylation is 1. The Bertz CT molecular complexity index is 1300. The molecule has 0 unspecified atom stereocenters. The zero-order valence-electron chi connectivity index (χ0n) is 17.3. The SMILES string of the molecule is Cc1csc(Sc2ccc(C(=O)Nc3ncccc3OCc3ccncc3)cc2[N+](=O)[O-])n1. The molecular weight excluding hydrogens is 462 g/mol. The fraction of sp³-hybridized carbons (Fsp3) is 0.0909. The van der Waals surface area contributed by atoms with Gasteiger partial charge in [0.1, 0.15) is 6.61 Å². The topological polar surface area (TPSA) is 120 Å². The van der Waals surface area contributed by atoms with Gasteiger partial charge >= 0.3 is 0 Å². The van der Waals surface area contributed by atoms with Gasteiger partial charge < -0.3 is 10.1 Å². The van der Waals surface area contributed by atoms with E-state index in [0.717, 1.165) is 11.3 Å². The summed E-state index contributed by atoms with van der Waals surface area (Å²) in [5.74, 6) is 0.0617. The molecule has 0 saturated heterocycles. The summed E-state index contributed by atoms with van der Waals surface area (Å²) < 4.78 is 6.48. The number of nitrogens with zero attached hydrogens (tertiary/aromatic N) is 4. The maximum absolute atomic E-state index is 12.8. The van der Waals surface area contributed by atoms with E-state index in [1.54, 1.807) is 30.6 Å². The molecule has 166 valence electrons. The Kier molecular flexibility index (Phi) is 6.91. The number of benzene rings is 1. The lowest BCUT2D eigenvalue weighted by molar-refractivity contribution is -0.387. The summed E-state index contributed by atoms with van der Waals surface area (Å²) in [7, 11) is 0. The second-order valence-electron chi connectivity index (χ2n) is 6.74. The fourth-order valence-electron chi connectivity index (χ4n) is 2.78. The third-order valence-electron chi connectivity index (χ3n) is 4.36. The molecule has 0 atom stereocenters. The molecule has 0 fully saturated rings. The van der Waals surface area contributed by atoms with Crippen LogP contribution in [0.3, 0.4) is 0 Å². The Hall–Kier alpha value is -3.83. The van der Waals surface area contributed by atoms with E-state index < -0.39 is 10.8 Å². The van der Waals surface area contributed by atoms with Crippen molar-refractivity contribution in [2.24, 2.45) is 0 Å². The van der Waals surface area contributed by atoms with Crippen LogP contribution < -0.4 is 10.1 Å². The molecule has 0 aliphatic heterocycles. The summed E-state index contributed by atoms with van der Waals surface area (Å²) in [5, 5.41) is 16.2. The molecule has 0 bridgehead atoms. The number of anilines is 1. The highest BCUT2D eigenvalue weighted by atomic mass is 32.2. The van der Waals surface area contributed by atoms with Crippen molar-refractivity contribution in [2.45, 2.75) is 22.8 Å². The predicted octanol–water partition coefficient (Wildman–Crippen LogP) is 5.13. The fourth-order valence-corrected chi connectivity index (χ4v) is 4.66. The zero-order valence-corrected chi connectivity index (χ0v) is 18.9. The number of carbonyl (C=O) groups is 1. The number of nitro benzene ring substituents is 1. The van der Waals surface area contributed by atoms with Crippen molar-refractivity contribution in [1.29, 1.82) is 0 Å². The van der Waals surface area contributed by atoms with Gasteiger partial charge in [-0.15, -0.1) is 11.3 Å². The Morgan fingerprint density at radius 3 is 2.76 bits per heavy atom. The number of hydrogen-bond acceptors (Lipinski definition) is 9. The van der Waals surface area contributed by atoms with E-state index in [2.05, 4.69) is 20.3 Å². The Morgan fingerprint density at radius 1 is 1.21 bits per heavy atom. The van der Waals surface area contributed by atoms with E-state index in [1.807, 2.05) is 24.4 Å². The molecule has 3 aromatic heterocycles. The number of nitro groups is 1. The minimum absolute atomic E-state index is 0.132. The van der Waals surface area contributed by atoms with Crippen LogP contribution >= 0.6 is 23.1 Å². The largest absolute Gasteiger partial charge is 0.485 e. The Morgan fingerprint density at radius 2 is 2.03 bits per heavy atom. The highest BCUT2D eigenvalue weighted by Gasteiger charge is 2.20. The molecule has 0 radical (unpaired) electrons. The molecule has 0 aliphatic carbocycles. The smallest absolute Gasteiger partial charge is 0.284 e. The van der Waals surface area contributed by atoms with Crippen molar-refractivity contribution < 1.29 is 14.5 Å². The number of carbonyl (C=O) groups excluding carboxylic acids is 1. The van der Waals surface area contributed by atoms with Gasteiger partial charge in [0.05, 0.1) is 9.82 Å². The second-order valence-corrected chi connectivity index (χ2v) is 8.89. The summed E-state index contributed by atoms with van der Waals surface area (Å²) in [6.07, 6.45) is 4.84. The molecule has 1 amide bonds. The quantitative estimate of drug-likeness (QED) is 0.273. The first-order chi connectivity index (χ1) is 16.0. The molecule has 11 heteroatoms. The number of amides is 1. The highest BCUT2D eigenvalue weighted by Crippen LogP contribution is 2.37. The molecule has 1 aromatic carbocycles. The third-order valence-corrected chi connectivity index (χ3v) is 6.48. The normalized spacial score (nSPS) is 10.6. The minimum atomic E-state index is -0.535. The predicted molar refractivity (Wildman–Crippen MR) is 125 cm³/mol. The van der Waals surface area contributed by atoms with Gasteiger partial charge in [0.15, 0.2) is 15.9 Å². The number of hydrogen-bond donors (Lipinski definition) is 1. The van der Waals surface area contributed by atoms with Crippen molar-refractivity contribution in [3.8, 4) is 5.75 Å². The second kappa shape index (κ2) is 10.2. The van der Waals surface area contributed by atoms with Gasteiger partial charge in [0, 0.05) is 41.3 Å². The van der Waals surface area contributed by atoms with E-state index in [-0.39, 0.29) is 23.7 Å². The van der Waals surface area contributed by atoms with Crippen LogP contribution in [0, 0.1) is 17.0 Å². The molecule has 0 spiro atoms. The van der Waals surface area contributed by atoms with E-state index >= 15 is 0 Å². The summed E-state index contributed by atoms with van der Waals surface area (Å²) in [6.45, 7) is 2.12. The van der Waals surface area contributed by atoms with Crippen LogP contribution in [-0.2, 0) is 6.61 Å². The molecule has 0 aliphatic rings. The molecule has 33 heavy (non-hydrogen) atoms. The number of pyridine rings is 2. The summed E-state index contributed by atoms with van der Waals surface area (Å²) in [4.78, 5) is 36.8. The lowest BCUT2D eigenvalue weighted by atomic mass is 10.2. The molecular formula is C22H17N5O4S2. The monoisotopic (exact) mass is 479 g/mol. The number of ether oxygens (including phenoxy) is 1. The van der Waals surface area contributed by atoms with Crippen molar-refractivity contribution in [3.05, 3.63) is 93.4 Å². The molecule has 0 saturated carbocycles. The van der Waals surface area contributed by atoms with Gasteiger partial charge in [-0.2, -0.15) is 0 Å². The average molecular weight is 480 g/mol. The van der Waals surface area contributed by atoms with E-state index in [9.17, 15) is 14.9 Å². The van der Waals surface area contributed by atoms with E-state index in [4.69, 9.17) is 4.74 Å². The molecule has 9 nitrogen and oxygen atoms in total. The minimum Gasteiger partial charge on any atom is -0.485 e. The van der Waals surface area contributed by atoms with Crippen LogP contribution in [0.15, 0.2) is 75.7 Å². The molecule has 3 heterocycles. The van der Waals surface area contributed by atoms with Crippen molar-refractivity contribution >= 4 is 40.5 Å². The summed E-state index contributed by atoms with van der Waals surface area (Å²) in [5.41, 5.74) is 1.71. The van der Waals surface area contributed by atoms with Crippen LogP contribution in [-0.4, -0.2) is 25.8 Å². The van der Waals surface area contributed by atoms with Crippen LogP contribution in [0.1, 0.15) is 21.6 Å². The van der Waals surface area contributed by atoms with E-state index in [1.165, 1.54) is 41.4 Å². The Labute approximate surface area is 197 Å². The number of rotatable bonds is 8. The van der Waals surface area contributed by atoms with Crippen molar-refractivity contribution in [2.75, 3.05) is 5.32 Å². The van der Waals surface area contributed by atoms with E-state index in [0.29, 0.717) is 15.0 Å². The van der Waals surface area contributed by atoms with Gasteiger partial charge in [0.2, 0.25) is 0 Å². The third kappa shape index (κ3) is 5.70. The number of thiazole rings is 1. The van der Waals surface area contributed by atoms with Crippen LogP contribution in [0.2, 0.25) is 0 Å². The maximum atomic E-state index is 12.8. The van der Waals surface area contributed by atoms with Crippen LogP contribution in [0.25, 0.3) is 0 Å². The van der Waals surface area contributed by atoms with Crippen molar-refractivity contribution in [3.63, 3.8) is 0 Å². The van der Waals surface area contributed by atoms with Crippen molar-refractivity contribution in [1.82, 2.24) is 15.0 Å². The maximum Gasteiger partial charge on any atom is 0.284 e. The van der Waals surface area contributed by atoms with Gasteiger partial charge in [-0.05, 0) is 48.9 Å². The average Bonchev–Trinajstić information content (AvgIpc) is 3.23. The van der Waals surface area contributed by atoms with Gasteiger partial charge in [-0.1, -0.05) is 11.8 Å². The first kappa shape index (κ1) is 22.4. The summed E-state index contributed by atoms with van der Waals surface area (Å²) >= 11 is 2.60.